The quantitative estimate of drug-likeness (QED) is 0.888. The Morgan fingerprint density at radius 1 is 1.17 bits per heavy atom. The van der Waals surface area contributed by atoms with Crippen LogP contribution in [0, 0.1) is 20.8 Å². The third-order valence-corrected chi connectivity index (χ3v) is 4.39. The number of benzene rings is 1. The highest BCUT2D eigenvalue weighted by atomic mass is 32.2. The number of sulfone groups is 1. The van der Waals surface area contributed by atoms with Crippen molar-refractivity contribution in [3.05, 3.63) is 34.4 Å². The number of hydrogen-bond donors (Lipinski definition) is 1. The van der Waals surface area contributed by atoms with Crippen molar-refractivity contribution in [2.75, 3.05) is 5.75 Å². The van der Waals surface area contributed by atoms with Gasteiger partial charge in [-0.3, -0.25) is 4.79 Å². The Labute approximate surface area is 108 Å². The number of aryl methyl sites for hydroxylation is 3. The lowest BCUT2D eigenvalue weighted by Crippen LogP contribution is -2.14. The Hall–Kier alpha value is -1.36. The number of hydrogen-bond acceptors (Lipinski definition) is 3. The van der Waals surface area contributed by atoms with Crippen LogP contribution >= 0.6 is 0 Å². The Bertz CT molecular complexity index is 535. The molecule has 0 spiro atoms. The van der Waals surface area contributed by atoms with Gasteiger partial charge in [-0.15, -0.1) is 0 Å². The minimum atomic E-state index is -3.37. The molecule has 5 heteroatoms. The molecule has 0 fully saturated rings. The number of aliphatic carboxylic acids is 1. The molecule has 100 valence electrons. The molecule has 0 radical (unpaired) electrons. The van der Waals surface area contributed by atoms with E-state index in [4.69, 9.17) is 5.11 Å². The molecule has 0 aromatic heterocycles. The minimum absolute atomic E-state index is 0.0851. The maximum atomic E-state index is 11.8. The van der Waals surface area contributed by atoms with Gasteiger partial charge in [0.25, 0.3) is 0 Å². The molecule has 1 aromatic rings. The van der Waals surface area contributed by atoms with Crippen LogP contribution in [0.4, 0.5) is 0 Å². The van der Waals surface area contributed by atoms with Gasteiger partial charge in [-0.05, 0) is 37.5 Å². The van der Waals surface area contributed by atoms with E-state index in [1.807, 2.05) is 32.9 Å². The third kappa shape index (κ3) is 4.14. The highest BCUT2D eigenvalue weighted by molar-refractivity contribution is 7.90. The van der Waals surface area contributed by atoms with Crippen LogP contribution in [0.2, 0.25) is 0 Å². The van der Waals surface area contributed by atoms with E-state index in [9.17, 15) is 13.2 Å². The van der Waals surface area contributed by atoms with Gasteiger partial charge in [0.05, 0.1) is 17.9 Å². The van der Waals surface area contributed by atoms with Crippen molar-refractivity contribution in [3.63, 3.8) is 0 Å². The molecule has 0 amide bonds. The van der Waals surface area contributed by atoms with E-state index in [0.717, 1.165) is 22.3 Å². The zero-order chi connectivity index (χ0) is 13.9. The molecule has 0 saturated heterocycles. The largest absolute Gasteiger partial charge is 0.481 e. The summed E-state index contributed by atoms with van der Waals surface area (Å²) in [4.78, 5) is 10.4. The van der Waals surface area contributed by atoms with E-state index in [1.165, 1.54) is 0 Å². The van der Waals surface area contributed by atoms with Crippen LogP contribution in [-0.4, -0.2) is 25.2 Å². The SMILES string of the molecule is Cc1cc(C)c(CS(=O)(=O)CCC(=O)O)c(C)c1. The fourth-order valence-corrected chi connectivity index (χ4v) is 3.50. The highest BCUT2D eigenvalue weighted by Crippen LogP contribution is 2.19. The van der Waals surface area contributed by atoms with E-state index in [2.05, 4.69) is 0 Å². The Balaban J connectivity index is 2.94. The van der Waals surface area contributed by atoms with Gasteiger partial charge >= 0.3 is 5.97 Å². The summed E-state index contributed by atoms with van der Waals surface area (Å²) in [7, 11) is -3.37. The predicted octanol–water partition coefficient (Wildman–Crippen LogP) is 2.00. The smallest absolute Gasteiger partial charge is 0.304 e. The van der Waals surface area contributed by atoms with Gasteiger partial charge in [-0.1, -0.05) is 17.7 Å². The van der Waals surface area contributed by atoms with Crippen LogP contribution in [-0.2, 0) is 20.4 Å². The third-order valence-electron chi connectivity index (χ3n) is 2.83. The van der Waals surface area contributed by atoms with Crippen LogP contribution < -0.4 is 0 Å². The molecular weight excluding hydrogens is 252 g/mol. The zero-order valence-corrected chi connectivity index (χ0v) is 11.7. The number of carboxylic acids is 1. The highest BCUT2D eigenvalue weighted by Gasteiger charge is 2.17. The van der Waals surface area contributed by atoms with Crippen LogP contribution in [0.3, 0.4) is 0 Å². The molecule has 1 rings (SSSR count). The fourth-order valence-electron chi connectivity index (χ4n) is 1.97. The maximum Gasteiger partial charge on any atom is 0.304 e. The first-order valence-corrected chi connectivity index (χ1v) is 7.52. The van der Waals surface area contributed by atoms with Crippen LogP contribution in [0.5, 0.6) is 0 Å². The molecule has 0 bridgehead atoms. The van der Waals surface area contributed by atoms with Crippen LogP contribution in [0.25, 0.3) is 0 Å². The molecule has 0 saturated carbocycles. The topological polar surface area (TPSA) is 71.4 Å². The summed E-state index contributed by atoms with van der Waals surface area (Å²) in [6.45, 7) is 5.72. The summed E-state index contributed by atoms with van der Waals surface area (Å²) in [5.74, 6) is -1.48. The average Bonchev–Trinajstić information content (AvgIpc) is 2.21. The normalized spacial score (nSPS) is 11.5. The van der Waals surface area contributed by atoms with E-state index in [-0.39, 0.29) is 17.9 Å². The summed E-state index contributed by atoms with van der Waals surface area (Å²) in [6, 6.07) is 3.88. The Kier molecular flexibility index (Phi) is 4.51. The van der Waals surface area contributed by atoms with Crippen LogP contribution in [0.1, 0.15) is 28.7 Å². The van der Waals surface area contributed by atoms with Crippen molar-refractivity contribution < 1.29 is 18.3 Å². The van der Waals surface area contributed by atoms with Crippen molar-refractivity contribution >= 4 is 15.8 Å². The van der Waals surface area contributed by atoms with Crippen molar-refractivity contribution in [2.24, 2.45) is 0 Å². The van der Waals surface area contributed by atoms with Crippen molar-refractivity contribution in [1.29, 1.82) is 0 Å². The molecule has 0 aliphatic carbocycles. The molecule has 0 heterocycles. The zero-order valence-electron chi connectivity index (χ0n) is 10.9. The van der Waals surface area contributed by atoms with Gasteiger partial charge in [0, 0.05) is 0 Å². The van der Waals surface area contributed by atoms with E-state index in [1.54, 1.807) is 0 Å². The van der Waals surface area contributed by atoms with E-state index >= 15 is 0 Å². The lowest BCUT2D eigenvalue weighted by Gasteiger charge is -2.11. The van der Waals surface area contributed by atoms with Crippen molar-refractivity contribution in [1.82, 2.24) is 0 Å². The lowest BCUT2D eigenvalue weighted by atomic mass is 10.0. The average molecular weight is 270 g/mol. The predicted molar refractivity (Wildman–Crippen MR) is 70.4 cm³/mol. The van der Waals surface area contributed by atoms with Gasteiger partial charge in [0.2, 0.25) is 0 Å². The fraction of sp³-hybridized carbons (Fsp3) is 0.462. The minimum Gasteiger partial charge on any atom is -0.481 e. The lowest BCUT2D eigenvalue weighted by molar-refractivity contribution is -0.136. The monoisotopic (exact) mass is 270 g/mol. The van der Waals surface area contributed by atoms with Gasteiger partial charge in [0.15, 0.2) is 9.84 Å². The first kappa shape index (κ1) is 14.7. The summed E-state index contributed by atoms with van der Waals surface area (Å²) in [6.07, 6.45) is -0.341. The summed E-state index contributed by atoms with van der Waals surface area (Å²) < 4.78 is 23.7. The number of rotatable bonds is 5. The van der Waals surface area contributed by atoms with Gasteiger partial charge in [-0.2, -0.15) is 0 Å². The molecule has 4 nitrogen and oxygen atoms in total. The molecule has 0 unspecified atom stereocenters. The standard InChI is InChI=1S/C13H18O4S/c1-9-6-10(2)12(11(3)7-9)8-18(16,17)5-4-13(14)15/h6-7H,4-5,8H2,1-3H3,(H,14,15). The molecule has 0 atom stereocenters. The Morgan fingerprint density at radius 3 is 2.11 bits per heavy atom. The Morgan fingerprint density at radius 2 is 1.67 bits per heavy atom. The second-order valence-corrected chi connectivity index (χ2v) is 6.80. The van der Waals surface area contributed by atoms with Crippen LogP contribution in [0.15, 0.2) is 12.1 Å². The molecule has 1 N–H and O–H groups in total. The molecular formula is C13H18O4S. The second-order valence-electron chi connectivity index (χ2n) is 4.61. The summed E-state index contributed by atoms with van der Waals surface area (Å²) >= 11 is 0. The van der Waals surface area contributed by atoms with Gasteiger partial charge in [-0.25, -0.2) is 8.42 Å². The van der Waals surface area contributed by atoms with Gasteiger partial charge in [0.1, 0.15) is 0 Å². The summed E-state index contributed by atoms with van der Waals surface area (Å²) in [5, 5.41) is 8.52. The first-order valence-electron chi connectivity index (χ1n) is 5.70. The van der Waals surface area contributed by atoms with Gasteiger partial charge < -0.3 is 5.11 Å². The van der Waals surface area contributed by atoms with Crippen molar-refractivity contribution in [2.45, 2.75) is 32.9 Å². The number of carboxylic acid groups (broad SMARTS) is 1. The molecule has 18 heavy (non-hydrogen) atoms. The molecule has 1 aromatic carbocycles. The first-order chi connectivity index (χ1) is 8.21. The van der Waals surface area contributed by atoms with E-state index < -0.39 is 15.8 Å². The number of carbonyl (C=O) groups is 1. The molecule has 0 aliphatic rings. The summed E-state index contributed by atoms with van der Waals surface area (Å²) in [5.41, 5.74) is 3.75. The van der Waals surface area contributed by atoms with Crippen molar-refractivity contribution in [3.8, 4) is 0 Å². The molecule has 0 aliphatic heterocycles. The second kappa shape index (κ2) is 5.52. The maximum absolute atomic E-state index is 11.8. The van der Waals surface area contributed by atoms with E-state index in [0.29, 0.717) is 0 Å².